The summed E-state index contributed by atoms with van der Waals surface area (Å²) in [6.45, 7) is 13.2. The molecular formula is C21H35F3N2. The fourth-order valence-corrected chi connectivity index (χ4v) is 3.28. The normalized spacial score (nSPS) is 18.5. The van der Waals surface area contributed by atoms with Gasteiger partial charge in [-0.25, -0.2) is 13.2 Å². The zero-order chi connectivity index (χ0) is 19.5. The Bertz CT molecular complexity index is 478. The number of piperazine rings is 1. The van der Waals surface area contributed by atoms with Gasteiger partial charge in [0.15, 0.2) is 11.7 Å². The van der Waals surface area contributed by atoms with Crippen LogP contribution in [0.2, 0.25) is 0 Å². The molecule has 1 atom stereocenters. The van der Waals surface area contributed by atoms with E-state index in [1.807, 2.05) is 4.90 Å². The van der Waals surface area contributed by atoms with Crippen molar-refractivity contribution in [3.05, 3.63) is 36.1 Å². The van der Waals surface area contributed by atoms with Crippen LogP contribution in [0.5, 0.6) is 0 Å². The highest BCUT2D eigenvalue weighted by atomic mass is 19.2. The van der Waals surface area contributed by atoms with Gasteiger partial charge >= 0.3 is 0 Å². The lowest BCUT2D eigenvalue weighted by molar-refractivity contribution is 0.151. The van der Waals surface area contributed by atoms with E-state index in [2.05, 4.69) is 32.3 Å². The second kappa shape index (κ2) is 12.2. The highest BCUT2D eigenvalue weighted by Crippen LogP contribution is 2.21. The maximum Gasteiger partial charge on any atom is 0.160 e. The quantitative estimate of drug-likeness (QED) is 0.433. The average Bonchev–Trinajstić information content (AvgIpc) is 2.61. The molecule has 0 bridgehead atoms. The fourth-order valence-electron chi connectivity index (χ4n) is 3.28. The minimum Gasteiger partial charge on any atom is -0.369 e. The Balaban J connectivity index is 2.48. The lowest BCUT2D eigenvalue weighted by atomic mass is 9.93. The number of hydrogen-bond donors (Lipinski definition) is 0. The van der Waals surface area contributed by atoms with Crippen molar-refractivity contribution in [3.8, 4) is 0 Å². The summed E-state index contributed by atoms with van der Waals surface area (Å²) < 4.78 is 39.1. The van der Waals surface area contributed by atoms with Crippen LogP contribution in [-0.4, -0.2) is 49.2 Å². The lowest BCUT2D eigenvalue weighted by Gasteiger charge is -2.37. The third kappa shape index (κ3) is 8.43. The van der Waals surface area contributed by atoms with Gasteiger partial charge in [0.1, 0.15) is 6.67 Å². The molecule has 1 fully saturated rings. The predicted octanol–water partition coefficient (Wildman–Crippen LogP) is 5.65. The summed E-state index contributed by atoms with van der Waals surface area (Å²) in [5.74, 6) is -0.643. The molecule has 0 unspecified atom stereocenters. The molecule has 150 valence electrons. The van der Waals surface area contributed by atoms with Crippen molar-refractivity contribution in [3.63, 3.8) is 0 Å². The van der Waals surface area contributed by atoms with Gasteiger partial charge < -0.3 is 4.90 Å². The molecule has 0 spiro atoms. The molecule has 1 heterocycles. The molecule has 0 aliphatic carbocycles. The van der Waals surface area contributed by atoms with Gasteiger partial charge in [0.2, 0.25) is 0 Å². The zero-order valence-corrected chi connectivity index (χ0v) is 16.6. The molecule has 26 heavy (non-hydrogen) atoms. The maximum atomic E-state index is 13.5. The molecule has 0 amide bonds. The molecule has 0 aromatic rings. The second-order valence-electron chi connectivity index (χ2n) is 7.54. The minimum atomic E-state index is -1.12. The van der Waals surface area contributed by atoms with Crippen LogP contribution in [0.15, 0.2) is 36.1 Å². The molecule has 0 radical (unpaired) electrons. The zero-order valence-electron chi connectivity index (χ0n) is 16.6. The molecule has 1 aliphatic heterocycles. The van der Waals surface area contributed by atoms with Crippen molar-refractivity contribution in [1.82, 2.24) is 9.80 Å². The Morgan fingerprint density at radius 1 is 1.08 bits per heavy atom. The first kappa shape index (κ1) is 22.8. The summed E-state index contributed by atoms with van der Waals surface area (Å²) in [5.41, 5.74) is 0.395. The Labute approximate surface area is 157 Å². The van der Waals surface area contributed by atoms with Gasteiger partial charge in [-0.3, -0.25) is 4.90 Å². The molecule has 0 aromatic heterocycles. The van der Waals surface area contributed by atoms with Crippen LogP contribution in [0.3, 0.4) is 0 Å². The summed E-state index contributed by atoms with van der Waals surface area (Å²) in [6, 6.07) is 0. The largest absolute Gasteiger partial charge is 0.369 e. The molecule has 1 rings (SSSR count). The summed E-state index contributed by atoms with van der Waals surface area (Å²) in [6.07, 6.45) is 7.31. The molecule has 1 saturated heterocycles. The first-order chi connectivity index (χ1) is 12.4. The average molecular weight is 373 g/mol. The van der Waals surface area contributed by atoms with E-state index >= 15 is 0 Å². The Morgan fingerprint density at radius 3 is 2.23 bits per heavy atom. The van der Waals surface area contributed by atoms with E-state index < -0.39 is 18.3 Å². The van der Waals surface area contributed by atoms with E-state index in [0.717, 1.165) is 37.5 Å². The van der Waals surface area contributed by atoms with Crippen LogP contribution < -0.4 is 0 Å². The van der Waals surface area contributed by atoms with Crippen LogP contribution in [0, 0.1) is 11.8 Å². The van der Waals surface area contributed by atoms with Gasteiger partial charge in [-0.15, -0.1) is 0 Å². The standard InChI is InChI=1S/C21H35F3N2/c1-5-19(7-6-17(2)3)9-11-25-12-14-26(15-13-25)20(8-10-22)16-21(24)18(4)23/h8,16-17,19H,4-7,9-15H2,1-3H3/b20-8+,21-16+/t19-/m1/s1. The van der Waals surface area contributed by atoms with Crippen molar-refractivity contribution in [2.24, 2.45) is 11.8 Å². The number of halogens is 3. The highest BCUT2D eigenvalue weighted by molar-refractivity contribution is 5.27. The minimum absolute atomic E-state index is 0.395. The summed E-state index contributed by atoms with van der Waals surface area (Å²) >= 11 is 0. The van der Waals surface area contributed by atoms with E-state index in [0.29, 0.717) is 18.8 Å². The van der Waals surface area contributed by atoms with Crippen LogP contribution in [0.25, 0.3) is 0 Å². The summed E-state index contributed by atoms with van der Waals surface area (Å²) in [7, 11) is 0. The van der Waals surface area contributed by atoms with E-state index in [-0.39, 0.29) is 0 Å². The molecule has 5 heteroatoms. The molecule has 0 aromatic carbocycles. The Kier molecular flexibility index (Phi) is 10.7. The van der Waals surface area contributed by atoms with Gasteiger partial charge in [-0.05, 0) is 37.0 Å². The van der Waals surface area contributed by atoms with Crippen molar-refractivity contribution < 1.29 is 13.2 Å². The van der Waals surface area contributed by atoms with Gasteiger partial charge in [-0.2, -0.15) is 0 Å². The van der Waals surface area contributed by atoms with Crippen molar-refractivity contribution in [2.45, 2.75) is 46.5 Å². The molecule has 1 aliphatic rings. The third-order valence-electron chi connectivity index (χ3n) is 5.14. The number of rotatable bonds is 11. The summed E-state index contributed by atoms with van der Waals surface area (Å²) in [5, 5.41) is 0. The van der Waals surface area contributed by atoms with Gasteiger partial charge in [-0.1, -0.05) is 46.6 Å². The van der Waals surface area contributed by atoms with Gasteiger partial charge in [0.25, 0.3) is 0 Å². The van der Waals surface area contributed by atoms with Gasteiger partial charge in [0.05, 0.1) is 0 Å². The van der Waals surface area contributed by atoms with Crippen molar-refractivity contribution in [2.75, 3.05) is 39.4 Å². The van der Waals surface area contributed by atoms with Crippen molar-refractivity contribution in [1.29, 1.82) is 0 Å². The third-order valence-corrected chi connectivity index (χ3v) is 5.14. The smallest absolute Gasteiger partial charge is 0.160 e. The van der Waals surface area contributed by atoms with E-state index in [1.165, 1.54) is 31.8 Å². The molecule has 2 nitrogen and oxygen atoms in total. The monoisotopic (exact) mass is 372 g/mol. The van der Waals surface area contributed by atoms with Crippen molar-refractivity contribution >= 4 is 0 Å². The van der Waals surface area contributed by atoms with Crippen LogP contribution >= 0.6 is 0 Å². The lowest BCUT2D eigenvalue weighted by Crippen LogP contribution is -2.46. The highest BCUT2D eigenvalue weighted by Gasteiger charge is 2.19. The van der Waals surface area contributed by atoms with Crippen LogP contribution in [-0.2, 0) is 0 Å². The van der Waals surface area contributed by atoms with Crippen LogP contribution in [0.1, 0.15) is 46.5 Å². The van der Waals surface area contributed by atoms with Gasteiger partial charge in [0, 0.05) is 31.9 Å². The van der Waals surface area contributed by atoms with Crippen LogP contribution in [0.4, 0.5) is 13.2 Å². The summed E-state index contributed by atoms with van der Waals surface area (Å²) in [4.78, 5) is 4.32. The number of hydrogen-bond acceptors (Lipinski definition) is 2. The topological polar surface area (TPSA) is 6.48 Å². The maximum absolute atomic E-state index is 13.5. The predicted molar refractivity (Wildman–Crippen MR) is 104 cm³/mol. The van der Waals surface area contributed by atoms with E-state index in [1.54, 1.807) is 0 Å². The van der Waals surface area contributed by atoms with E-state index in [9.17, 15) is 13.2 Å². The molecular weight excluding hydrogens is 337 g/mol. The Morgan fingerprint density at radius 2 is 1.73 bits per heavy atom. The Hall–Kier alpha value is -1.23. The fraction of sp³-hybridized carbons (Fsp3) is 0.714. The second-order valence-corrected chi connectivity index (χ2v) is 7.54. The number of alkyl halides is 1. The molecule has 0 saturated carbocycles. The molecule has 0 N–H and O–H groups in total. The van der Waals surface area contributed by atoms with E-state index in [4.69, 9.17) is 0 Å². The number of allylic oxidation sites excluding steroid dienone is 4. The SMILES string of the molecule is C=C(F)/C(F)=C\C(=C/CF)N1CCN(CC[C@H](CC)CCC(C)C)CC1. The number of nitrogens with zero attached hydrogens (tertiary/aromatic N) is 2. The first-order valence-electron chi connectivity index (χ1n) is 9.82. The first-order valence-corrected chi connectivity index (χ1v) is 9.82.